The van der Waals surface area contributed by atoms with Crippen molar-refractivity contribution in [3.8, 4) is 0 Å². The largest absolute Gasteiger partial charge is 0.376 e. The van der Waals surface area contributed by atoms with E-state index >= 15 is 0 Å². The maximum Gasteiger partial charge on any atom is 0.200 e. The van der Waals surface area contributed by atoms with Gasteiger partial charge in [0.2, 0.25) is 5.65 Å². The van der Waals surface area contributed by atoms with Crippen LogP contribution in [0.25, 0.3) is 5.65 Å². The number of hydrogen-bond donors (Lipinski definition) is 1. The van der Waals surface area contributed by atoms with Crippen LogP contribution >= 0.6 is 0 Å². The Morgan fingerprint density at radius 1 is 1.30 bits per heavy atom. The van der Waals surface area contributed by atoms with Crippen molar-refractivity contribution < 1.29 is 0 Å². The Bertz CT molecular complexity index is 658. The van der Waals surface area contributed by atoms with Gasteiger partial charge in [-0.25, -0.2) is 0 Å². The Hall–Kier alpha value is -1.65. The summed E-state index contributed by atoms with van der Waals surface area (Å²) in [6, 6.07) is 2.19. The molecular formula is C15H21N5. The molecule has 2 saturated carbocycles. The molecule has 0 aliphatic heterocycles. The van der Waals surface area contributed by atoms with Crippen molar-refractivity contribution in [1.29, 1.82) is 0 Å². The van der Waals surface area contributed by atoms with Gasteiger partial charge in [-0.1, -0.05) is 20.8 Å². The van der Waals surface area contributed by atoms with Gasteiger partial charge in [0.25, 0.3) is 0 Å². The first-order valence-electron chi connectivity index (χ1n) is 7.48. The highest BCUT2D eigenvalue weighted by Gasteiger charge is 2.52. The van der Waals surface area contributed by atoms with Gasteiger partial charge in [-0.05, 0) is 37.2 Å². The molecule has 0 bridgehead atoms. The number of nitrogens with one attached hydrogen (secondary N) is 1. The molecule has 20 heavy (non-hydrogen) atoms. The summed E-state index contributed by atoms with van der Waals surface area (Å²) in [5.74, 6) is 0.632. The molecule has 2 aliphatic rings. The normalized spacial score (nSPS) is 21.1. The molecule has 0 aromatic carbocycles. The van der Waals surface area contributed by atoms with Crippen LogP contribution in [0.2, 0.25) is 0 Å². The predicted molar refractivity (Wildman–Crippen MR) is 77.8 cm³/mol. The molecule has 0 saturated heterocycles. The van der Waals surface area contributed by atoms with Crippen molar-refractivity contribution in [3.63, 3.8) is 0 Å². The highest BCUT2D eigenvalue weighted by Crippen LogP contribution is 2.52. The Labute approximate surface area is 118 Å². The van der Waals surface area contributed by atoms with Crippen LogP contribution in [0.1, 0.15) is 58.1 Å². The van der Waals surface area contributed by atoms with Crippen LogP contribution in [0.4, 0.5) is 5.69 Å². The minimum atomic E-state index is 0.196. The van der Waals surface area contributed by atoms with Gasteiger partial charge in [0.1, 0.15) is 6.33 Å². The zero-order chi connectivity index (χ0) is 14.0. The molecule has 0 spiro atoms. The molecule has 4 rings (SSSR count). The van der Waals surface area contributed by atoms with Crippen molar-refractivity contribution in [2.75, 3.05) is 5.32 Å². The zero-order valence-electron chi connectivity index (χ0n) is 12.3. The van der Waals surface area contributed by atoms with Crippen LogP contribution in [0.15, 0.2) is 12.4 Å². The summed E-state index contributed by atoms with van der Waals surface area (Å²) in [6.45, 7) is 6.91. The quantitative estimate of drug-likeness (QED) is 0.932. The summed E-state index contributed by atoms with van der Waals surface area (Å²) >= 11 is 0. The number of nitrogens with zero attached hydrogens (tertiary/aromatic N) is 4. The molecule has 5 heteroatoms. The zero-order valence-corrected chi connectivity index (χ0v) is 12.3. The highest BCUT2D eigenvalue weighted by atomic mass is 15.4. The second-order valence-corrected chi connectivity index (χ2v) is 7.31. The van der Waals surface area contributed by atoms with Crippen molar-refractivity contribution in [2.45, 2.75) is 57.9 Å². The minimum absolute atomic E-state index is 0.196. The summed E-state index contributed by atoms with van der Waals surface area (Å²) in [4.78, 5) is 0. The van der Waals surface area contributed by atoms with Gasteiger partial charge in [0.05, 0.1) is 11.4 Å². The first kappa shape index (κ1) is 12.1. The van der Waals surface area contributed by atoms with Crippen molar-refractivity contribution >= 4 is 11.3 Å². The van der Waals surface area contributed by atoms with Gasteiger partial charge >= 0.3 is 0 Å². The first-order chi connectivity index (χ1) is 9.48. The molecule has 0 unspecified atom stereocenters. The van der Waals surface area contributed by atoms with E-state index in [1.54, 1.807) is 6.33 Å². The molecule has 2 aromatic rings. The van der Waals surface area contributed by atoms with E-state index in [2.05, 4.69) is 47.5 Å². The van der Waals surface area contributed by atoms with Gasteiger partial charge in [0.15, 0.2) is 0 Å². The molecule has 0 atom stereocenters. The third-order valence-electron chi connectivity index (χ3n) is 4.84. The second kappa shape index (κ2) is 3.71. The molecule has 0 radical (unpaired) electrons. The minimum Gasteiger partial charge on any atom is -0.376 e. The van der Waals surface area contributed by atoms with E-state index in [1.807, 2.05) is 4.52 Å². The Balaban J connectivity index is 1.77. The molecule has 2 aliphatic carbocycles. The summed E-state index contributed by atoms with van der Waals surface area (Å²) in [7, 11) is 0. The van der Waals surface area contributed by atoms with Crippen molar-refractivity contribution in [1.82, 2.24) is 19.8 Å². The number of aromatic nitrogens is 4. The average Bonchev–Trinajstić information content (AvgIpc) is 3.27. The van der Waals surface area contributed by atoms with Crippen LogP contribution in [-0.4, -0.2) is 25.4 Å². The monoisotopic (exact) mass is 271 g/mol. The number of rotatable bonds is 3. The fourth-order valence-corrected chi connectivity index (χ4v) is 2.96. The maximum atomic E-state index is 4.62. The smallest absolute Gasteiger partial charge is 0.200 e. The standard InChI is InChI=1S/C15H21N5/c1-14(2,3)15(6-7-15)17-12-8-11(10-4-5-10)19-20-9-16-18-13(12)20/h8-10,17H,4-7H2,1-3H3. The maximum absolute atomic E-state index is 4.62. The Kier molecular flexibility index (Phi) is 2.25. The lowest BCUT2D eigenvalue weighted by atomic mass is 9.84. The average molecular weight is 271 g/mol. The van der Waals surface area contributed by atoms with E-state index in [0.717, 1.165) is 11.3 Å². The van der Waals surface area contributed by atoms with Gasteiger partial charge in [-0.15, -0.1) is 10.2 Å². The molecular weight excluding hydrogens is 250 g/mol. The lowest BCUT2D eigenvalue weighted by Crippen LogP contribution is -2.36. The first-order valence-corrected chi connectivity index (χ1v) is 7.48. The predicted octanol–water partition coefficient (Wildman–Crippen LogP) is 2.99. The summed E-state index contributed by atoms with van der Waals surface area (Å²) in [5, 5.41) is 16.6. The summed E-state index contributed by atoms with van der Waals surface area (Å²) in [5.41, 5.74) is 3.54. The van der Waals surface area contributed by atoms with Gasteiger partial charge in [-0.2, -0.15) is 9.61 Å². The molecule has 2 aromatic heterocycles. The van der Waals surface area contributed by atoms with Crippen LogP contribution < -0.4 is 5.32 Å². The fourth-order valence-electron chi connectivity index (χ4n) is 2.96. The number of fused-ring (bicyclic) bond motifs is 1. The van der Waals surface area contributed by atoms with Crippen LogP contribution in [0.3, 0.4) is 0 Å². The van der Waals surface area contributed by atoms with Gasteiger partial charge < -0.3 is 5.32 Å². The summed E-state index contributed by atoms with van der Waals surface area (Å²) in [6.07, 6.45) is 6.65. The third kappa shape index (κ3) is 1.79. The van der Waals surface area contributed by atoms with Gasteiger partial charge in [-0.3, -0.25) is 0 Å². The Morgan fingerprint density at radius 2 is 2.05 bits per heavy atom. The lowest BCUT2D eigenvalue weighted by Gasteiger charge is -2.32. The lowest BCUT2D eigenvalue weighted by molar-refractivity contribution is 0.323. The number of hydrogen-bond acceptors (Lipinski definition) is 4. The fraction of sp³-hybridized carbons (Fsp3) is 0.667. The van der Waals surface area contributed by atoms with Crippen LogP contribution in [0, 0.1) is 5.41 Å². The SMILES string of the molecule is CC(C)(C)C1(Nc2cc(C3CC3)nn3cnnc23)CC1. The second-order valence-electron chi connectivity index (χ2n) is 7.31. The summed E-state index contributed by atoms with van der Waals surface area (Å²) < 4.78 is 1.81. The van der Waals surface area contributed by atoms with Gasteiger partial charge in [0, 0.05) is 11.5 Å². The molecule has 2 heterocycles. The van der Waals surface area contributed by atoms with E-state index in [4.69, 9.17) is 0 Å². The highest BCUT2D eigenvalue weighted by molar-refractivity contribution is 5.69. The van der Waals surface area contributed by atoms with E-state index in [0.29, 0.717) is 5.92 Å². The van der Waals surface area contributed by atoms with Crippen molar-refractivity contribution in [2.24, 2.45) is 5.41 Å². The van der Waals surface area contributed by atoms with Crippen LogP contribution in [0.5, 0.6) is 0 Å². The molecule has 1 N–H and O–H groups in total. The molecule has 2 fully saturated rings. The van der Waals surface area contributed by atoms with Crippen molar-refractivity contribution in [3.05, 3.63) is 18.1 Å². The number of anilines is 1. The van der Waals surface area contributed by atoms with Crippen LogP contribution in [-0.2, 0) is 0 Å². The Morgan fingerprint density at radius 3 is 2.65 bits per heavy atom. The third-order valence-corrected chi connectivity index (χ3v) is 4.84. The molecule has 5 nitrogen and oxygen atoms in total. The molecule has 106 valence electrons. The van der Waals surface area contributed by atoms with E-state index in [9.17, 15) is 0 Å². The van der Waals surface area contributed by atoms with E-state index in [-0.39, 0.29) is 11.0 Å². The van der Waals surface area contributed by atoms with E-state index in [1.165, 1.54) is 31.4 Å². The van der Waals surface area contributed by atoms with E-state index < -0.39 is 0 Å². The topological polar surface area (TPSA) is 55.1 Å². The molecule has 0 amide bonds.